The fourth-order valence-electron chi connectivity index (χ4n) is 2.98. The lowest BCUT2D eigenvalue weighted by Gasteiger charge is -2.13. The summed E-state index contributed by atoms with van der Waals surface area (Å²) in [7, 11) is 0. The maximum Gasteiger partial charge on any atom is 0.216 e. The Morgan fingerprint density at radius 3 is 2.73 bits per heavy atom. The van der Waals surface area contributed by atoms with Crippen LogP contribution in [0.25, 0.3) is 0 Å². The van der Waals surface area contributed by atoms with Crippen molar-refractivity contribution in [2.45, 2.75) is 46.6 Å². The summed E-state index contributed by atoms with van der Waals surface area (Å²) in [5.74, 6) is 2.24. The van der Waals surface area contributed by atoms with Crippen molar-refractivity contribution in [1.29, 1.82) is 0 Å². The molecule has 1 N–H and O–H groups in total. The van der Waals surface area contributed by atoms with Crippen LogP contribution in [0.3, 0.4) is 0 Å². The van der Waals surface area contributed by atoms with Gasteiger partial charge in [-0.25, -0.2) is 0 Å². The largest absolute Gasteiger partial charge is 0.490 e. The molecule has 0 radical (unpaired) electrons. The molecule has 3 rings (SSSR count). The Morgan fingerprint density at radius 1 is 1.13 bits per heavy atom. The van der Waals surface area contributed by atoms with Gasteiger partial charge in [-0.1, -0.05) is 37.6 Å². The van der Waals surface area contributed by atoms with Gasteiger partial charge in [0.15, 0.2) is 17.3 Å². The molecule has 0 bridgehead atoms. The van der Waals surface area contributed by atoms with Gasteiger partial charge in [-0.15, -0.1) is 0 Å². The van der Waals surface area contributed by atoms with Gasteiger partial charge in [-0.05, 0) is 67.4 Å². The Kier molecular flexibility index (Phi) is 7.79. The molecule has 30 heavy (non-hydrogen) atoms. The molecule has 0 saturated heterocycles. The summed E-state index contributed by atoms with van der Waals surface area (Å²) in [4.78, 5) is 0. The van der Waals surface area contributed by atoms with Crippen molar-refractivity contribution in [3.05, 3.63) is 69.8 Å². The van der Waals surface area contributed by atoms with E-state index in [0.29, 0.717) is 29.5 Å². The molecule has 0 aliphatic heterocycles. The second-order valence-corrected chi connectivity index (χ2v) is 7.35. The molecule has 0 amide bonds. The maximum absolute atomic E-state index is 6.04. The summed E-state index contributed by atoms with van der Waals surface area (Å²) >= 11 is 5.30. The Hall–Kier alpha value is -2.93. The highest BCUT2D eigenvalue weighted by molar-refractivity contribution is 7.71. The highest BCUT2D eigenvalue weighted by atomic mass is 32.1. The SMILES string of the molecule is CCCCc1n[nH]c(=S)n1/N=C\c1ccc(OCc2ccccc2C)c(OCC)c1. The molecule has 3 aromatic rings. The molecule has 0 spiro atoms. The van der Waals surface area contributed by atoms with Crippen LogP contribution in [-0.2, 0) is 13.0 Å². The first-order valence-electron chi connectivity index (χ1n) is 10.3. The summed E-state index contributed by atoms with van der Waals surface area (Å²) in [5.41, 5.74) is 3.25. The fourth-order valence-corrected chi connectivity index (χ4v) is 3.18. The smallest absolute Gasteiger partial charge is 0.216 e. The molecule has 1 heterocycles. The van der Waals surface area contributed by atoms with E-state index in [9.17, 15) is 0 Å². The molecule has 7 heteroatoms. The predicted octanol–water partition coefficient (Wildman–Crippen LogP) is 5.45. The number of H-pyrrole nitrogens is 1. The van der Waals surface area contributed by atoms with E-state index < -0.39 is 0 Å². The molecule has 0 saturated carbocycles. The van der Waals surface area contributed by atoms with Crippen molar-refractivity contribution in [3.63, 3.8) is 0 Å². The molecular formula is C23H28N4O2S. The number of aromatic amines is 1. The molecule has 0 aliphatic rings. The van der Waals surface area contributed by atoms with Crippen LogP contribution in [0, 0.1) is 11.7 Å². The number of nitrogens with zero attached hydrogens (tertiary/aromatic N) is 3. The average molecular weight is 425 g/mol. The van der Waals surface area contributed by atoms with Crippen LogP contribution in [0.4, 0.5) is 0 Å². The van der Waals surface area contributed by atoms with E-state index in [1.165, 1.54) is 5.56 Å². The molecule has 2 aromatic carbocycles. The van der Waals surface area contributed by atoms with Gasteiger partial charge in [-0.3, -0.25) is 5.10 Å². The first-order valence-corrected chi connectivity index (χ1v) is 10.7. The summed E-state index contributed by atoms with van der Waals surface area (Å²) in [6, 6.07) is 14.0. The van der Waals surface area contributed by atoms with Crippen molar-refractivity contribution in [3.8, 4) is 11.5 Å². The highest BCUT2D eigenvalue weighted by Crippen LogP contribution is 2.29. The summed E-state index contributed by atoms with van der Waals surface area (Å²) in [5, 5.41) is 11.6. The molecule has 0 atom stereocenters. The predicted molar refractivity (Wildman–Crippen MR) is 122 cm³/mol. The van der Waals surface area contributed by atoms with E-state index in [-0.39, 0.29) is 0 Å². The van der Waals surface area contributed by atoms with E-state index in [1.54, 1.807) is 10.9 Å². The third kappa shape index (κ3) is 5.57. The molecule has 0 aliphatic carbocycles. The Labute approximate surface area is 182 Å². The van der Waals surface area contributed by atoms with E-state index in [1.807, 2.05) is 37.3 Å². The van der Waals surface area contributed by atoms with Crippen LogP contribution >= 0.6 is 12.2 Å². The number of nitrogens with one attached hydrogen (secondary N) is 1. The van der Waals surface area contributed by atoms with Crippen molar-refractivity contribution < 1.29 is 9.47 Å². The van der Waals surface area contributed by atoms with Crippen molar-refractivity contribution in [1.82, 2.24) is 14.9 Å². The number of rotatable bonds is 10. The second-order valence-electron chi connectivity index (χ2n) is 6.96. The van der Waals surface area contributed by atoms with Crippen LogP contribution < -0.4 is 9.47 Å². The van der Waals surface area contributed by atoms with Crippen molar-refractivity contribution in [2.75, 3.05) is 6.61 Å². The van der Waals surface area contributed by atoms with Gasteiger partial charge in [0.05, 0.1) is 12.8 Å². The Bertz CT molecular complexity index is 1060. The van der Waals surface area contributed by atoms with Gasteiger partial charge in [0.2, 0.25) is 4.77 Å². The highest BCUT2D eigenvalue weighted by Gasteiger charge is 2.08. The number of aromatic nitrogens is 3. The third-order valence-electron chi connectivity index (χ3n) is 4.71. The zero-order valence-electron chi connectivity index (χ0n) is 17.7. The van der Waals surface area contributed by atoms with Crippen molar-refractivity contribution >= 4 is 18.4 Å². The lowest BCUT2D eigenvalue weighted by Crippen LogP contribution is -2.02. The quantitative estimate of drug-likeness (QED) is 0.347. The fraction of sp³-hybridized carbons (Fsp3) is 0.348. The normalized spacial score (nSPS) is 11.2. The van der Waals surface area contributed by atoms with E-state index in [0.717, 1.165) is 36.2 Å². The zero-order valence-corrected chi connectivity index (χ0v) is 18.5. The summed E-state index contributed by atoms with van der Waals surface area (Å²) in [6.45, 7) is 7.22. The van der Waals surface area contributed by atoms with Crippen LogP contribution in [0.1, 0.15) is 49.2 Å². The molecule has 0 unspecified atom stereocenters. The first kappa shape index (κ1) is 21.8. The lowest BCUT2D eigenvalue weighted by molar-refractivity contribution is 0.269. The van der Waals surface area contributed by atoms with E-state index >= 15 is 0 Å². The number of aryl methyl sites for hydroxylation is 2. The third-order valence-corrected chi connectivity index (χ3v) is 4.97. The summed E-state index contributed by atoms with van der Waals surface area (Å²) < 4.78 is 14.0. The second kappa shape index (κ2) is 10.7. The van der Waals surface area contributed by atoms with Gasteiger partial charge in [0.25, 0.3) is 0 Å². The first-order chi connectivity index (χ1) is 14.6. The Morgan fingerprint density at radius 2 is 1.97 bits per heavy atom. The lowest BCUT2D eigenvalue weighted by atomic mass is 10.1. The minimum absolute atomic E-state index is 0.487. The van der Waals surface area contributed by atoms with Gasteiger partial charge in [-0.2, -0.15) is 14.9 Å². The zero-order chi connectivity index (χ0) is 21.3. The molecular weight excluding hydrogens is 396 g/mol. The minimum Gasteiger partial charge on any atom is -0.490 e. The van der Waals surface area contributed by atoms with Gasteiger partial charge in [0.1, 0.15) is 6.61 Å². The average Bonchev–Trinajstić information content (AvgIpc) is 3.10. The van der Waals surface area contributed by atoms with Gasteiger partial charge < -0.3 is 9.47 Å². The van der Waals surface area contributed by atoms with Crippen LogP contribution in [0.5, 0.6) is 11.5 Å². The maximum atomic E-state index is 6.04. The number of ether oxygens (including phenoxy) is 2. The van der Waals surface area contributed by atoms with Gasteiger partial charge in [0, 0.05) is 6.42 Å². The molecule has 6 nitrogen and oxygen atoms in total. The molecule has 158 valence electrons. The van der Waals surface area contributed by atoms with E-state index in [4.69, 9.17) is 21.7 Å². The van der Waals surface area contributed by atoms with Gasteiger partial charge >= 0.3 is 0 Å². The minimum atomic E-state index is 0.487. The van der Waals surface area contributed by atoms with E-state index in [2.05, 4.69) is 41.3 Å². The topological polar surface area (TPSA) is 64.4 Å². The molecule has 0 fully saturated rings. The number of hydrogen-bond acceptors (Lipinski definition) is 5. The molecule has 1 aromatic heterocycles. The number of unbranched alkanes of at least 4 members (excludes halogenated alkanes) is 1. The standard InChI is InChI=1S/C23H28N4O2S/c1-4-6-11-22-25-26-23(30)27(22)24-15-18-12-13-20(21(14-18)28-5-2)29-16-19-10-8-7-9-17(19)3/h7-10,12-15H,4-6,11,16H2,1-3H3,(H,26,30)/b24-15-. The number of benzene rings is 2. The Balaban J connectivity index is 1.78. The van der Waals surface area contributed by atoms with Crippen LogP contribution in [0.2, 0.25) is 0 Å². The van der Waals surface area contributed by atoms with Crippen LogP contribution in [-0.4, -0.2) is 27.7 Å². The van der Waals surface area contributed by atoms with Crippen molar-refractivity contribution in [2.24, 2.45) is 5.10 Å². The summed E-state index contributed by atoms with van der Waals surface area (Å²) in [6.07, 6.45) is 4.72. The van der Waals surface area contributed by atoms with Crippen LogP contribution in [0.15, 0.2) is 47.6 Å². The number of hydrogen-bond donors (Lipinski definition) is 1. The monoisotopic (exact) mass is 424 g/mol.